The molecule has 0 spiro atoms. The molecule has 2 aromatic heterocycles. The first-order chi connectivity index (χ1) is 13.9. The quantitative estimate of drug-likeness (QED) is 0.460. The molecule has 0 aliphatic heterocycles. The molecular weight excluding hydrogens is 389 g/mol. The van der Waals surface area contributed by atoms with Gasteiger partial charge in [0.25, 0.3) is 5.56 Å². The largest absolute Gasteiger partial charge is 0.295 e. The zero-order valence-corrected chi connectivity index (χ0v) is 16.5. The predicted molar refractivity (Wildman–Crippen MR) is 112 cm³/mol. The van der Waals surface area contributed by atoms with Gasteiger partial charge in [-0.15, -0.1) is 0 Å². The number of hydrogen-bond donors (Lipinski definition) is 0. The van der Waals surface area contributed by atoms with Gasteiger partial charge < -0.3 is 0 Å². The van der Waals surface area contributed by atoms with Crippen LogP contribution < -0.4 is 5.56 Å². The lowest BCUT2D eigenvalue weighted by atomic mass is 9.94. The molecule has 0 aliphatic rings. The van der Waals surface area contributed by atoms with Crippen molar-refractivity contribution in [2.75, 3.05) is 0 Å². The van der Waals surface area contributed by atoms with Gasteiger partial charge >= 0.3 is 0 Å². The van der Waals surface area contributed by atoms with Crippen molar-refractivity contribution < 1.29 is 4.39 Å². The van der Waals surface area contributed by atoms with Crippen LogP contribution >= 0.6 is 11.6 Å². The summed E-state index contributed by atoms with van der Waals surface area (Å²) in [4.78, 5) is 17.6. The molecule has 2 heterocycles. The average Bonchev–Trinajstić information content (AvgIpc) is 2.72. The van der Waals surface area contributed by atoms with Gasteiger partial charge in [0.1, 0.15) is 23.1 Å². The molecule has 4 nitrogen and oxygen atoms in total. The second kappa shape index (κ2) is 7.16. The monoisotopic (exact) mass is 403 g/mol. The molecule has 29 heavy (non-hydrogen) atoms. The van der Waals surface area contributed by atoms with Gasteiger partial charge in [-0.3, -0.25) is 9.36 Å². The van der Waals surface area contributed by atoms with Crippen LogP contribution in [0.1, 0.15) is 11.1 Å². The number of nitrogens with zero attached hydrogens (tertiary/aromatic N) is 3. The third-order valence-electron chi connectivity index (χ3n) is 4.92. The van der Waals surface area contributed by atoms with Gasteiger partial charge in [0.15, 0.2) is 0 Å². The van der Waals surface area contributed by atoms with Crippen LogP contribution in [-0.2, 0) is 7.05 Å². The molecule has 4 aromatic rings. The number of aryl methyl sites for hydroxylation is 2. The third kappa shape index (κ3) is 3.18. The standard InChI is InChI=1S/C23H15ClFN3O/c1-13-11-19(14-3-7-16(24)8-4-14)27-22-20(13)21(15-5-9-17(25)10-6-15)18(12-26)23(29)28(22)2/h3-11H,1-2H3. The van der Waals surface area contributed by atoms with Gasteiger partial charge in [-0.1, -0.05) is 35.9 Å². The number of halogens is 2. The molecule has 0 amide bonds. The van der Waals surface area contributed by atoms with Crippen molar-refractivity contribution in [2.24, 2.45) is 7.05 Å². The number of rotatable bonds is 2. The van der Waals surface area contributed by atoms with Gasteiger partial charge in [-0.05, 0) is 48.4 Å². The summed E-state index contributed by atoms with van der Waals surface area (Å²) in [5.41, 5.74) is 3.49. The summed E-state index contributed by atoms with van der Waals surface area (Å²) in [6, 6.07) is 17.0. The summed E-state index contributed by atoms with van der Waals surface area (Å²) in [6.45, 7) is 1.90. The topological polar surface area (TPSA) is 58.7 Å². The fraction of sp³-hybridized carbons (Fsp3) is 0.0870. The Morgan fingerprint density at radius 1 is 1.07 bits per heavy atom. The van der Waals surface area contributed by atoms with Crippen molar-refractivity contribution >= 4 is 22.6 Å². The Bertz CT molecular complexity index is 1350. The van der Waals surface area contributed by atoms with Crippen LogP contribution in [0, 0.1) is 24.1 Å². The van der Waals surface area contributed by atoms with Crippen molar-refractivity contribution in [2.45, 2.75) is 6.92 Å². The number of benzene rings is 2. The van der Waals surface area contributed by atoms with E-state index in [1.54, 1.807) is 31.3 Å². The van der Waals surface area contributed by atoms with E-state index in [9.17, 15) is 14.4 Å². The minimum Gasteiger partial charge on any atom is -0.295 e. The van der Waals surface area contributed by atoms with Crippen molar-refractivity contribution in [3.05, 3.63) is 86.9 Å². The average molecular weight is 404 g/mol. The van der Waals surface area contributed by atoms with E-state index in [2.05, 4.69) is 0 Å². The molecule has 0 N–H and O–H groups in total. The van der Waals surface area contributed by atoms with Crippen molar-refractivity contribution in [1.29, 1.82) is 5.26 Å². The second-order valence-corrected chi connectivity index (χ2v) is 7.20. The highest BCUT2D eigenvalue weighted by molar-refractivity contribution is 6.30. The lowest BCUT2D eigenvalue weighted by Crippen LogP contribution is -2.22. The second-order valence-electron chi connectivity index (χ2n) is 6.76. The Morgan fingerprint density at radius 3 is 2.31 bits per heavy atom. The van der Waals surface area contributed by atoms with E-state index in [-0.39, 0.29) is 11.4 Å². The number of fused-ring (bicyclic) bond motifs is 1. The summed E-state index contributed by atoms with van der Waals surface area (Å²) < 4.78 is 14.8. The fourth-order valence-electron chi connectivity index (χ4n) is 3.48. The summed E-state index contributed by atoms with van der Waals surface area (Å²) in [5, 5.41) is 11.0. The van der Waals surface area contributed by atoms with E-state index in [1.807, 2.05) is 31.2 Å². The summed E-state index contributed by atoms with van der Waals surface area (Å²) in [5.74, 6) is -0.389. The van der Waals surface area contributed by atoms with E-state index < -0.39 is 5.56 Å². The first-order valence-electron chi connectivity index (χ1n) is 8.87. The Kier molecular flexibility index (Phi) is 4.65. The maximum atomic E-state index is 13.4. The van der Waals surface area contributed by atoms with Crippen LogP contribution in [0.2, 0.25) is 5.02 Å². The molecule has 2 aromatic carbocycles. The summed E-state index contributed by atoms with van der Waals surface area (Å²) in [7, 11) is 1.60. The Labute approximate surface area is 171 Å². The minimum atomic E-state index is -0.445. The number of pyridine rings is 2. The van der Waals surface area contributed by atoms with Crippen LogP contribution in [0.3, 0.4) is 0 Å². The van der Waals surface area contributed by atoms with Crippen LogP contribution in [0.25, 0.3) is 33.4 Å². The summed E-state index contributed by atoms with van der Waals surface area (Å²) >= 11 is 5.98. The van der Waals surface area contributed by atoms with Gasteiger partial charge in [0.05, 0.1) is 5.69 Å². The number of aromatic nitrogens is 2. The molecule has 6 heteroatoms. The Balaban J connectivity index is 2.11. The van der Waals surface area contributed by atoms with Gasteiger partial charge in [-0.2, -0.15) is 5.26 Å². The van der Waals surface area contributed by atoms with Crippen molar-refractivity contribution in [3.8, 4) is 28.5 Å². The van der Waals surface area contributed by atoms with Gasteiger partial charge in [-0.25, -0.2) is 9.37 Å². The highest BCUT2D eigenvalue weighted by Crippen LogP contribution is 2.34. The number of hydrogen-bond acceptors (Lipinski definition) is 3. The zero-order valence-electron chi connectivity index (χ0n) is 15.7. The molecular formula is C23H15ClFN3O. The number of nitriles is 1. The van der Waals surface area contributed by atoms with Crippen LogP contribution in [0.4, 0.5) is 4.39 Å². The van der Waals surface area contributed by atoms with E-state index in [0.29, 0.717) is 32.9 Å². The molecule has 4 rings (SSSR count). The molecule has 0 saturated heterocycles. The molecule has 142 valence electrons. The molecule has 0 fully saturated rings. The third-order valence-corrected chi connectivity index (χ3v) is 5.17. The lowest BCUT2D eigenvalue weighted by Gasteiger charge is -2.15. The predicted octanol–water partition coefficient (Wildman–Crippen LogP) is 5.24. The highest BCUT2D eigenvalue weighted by atomic mass is 35.5. The molecule has 0 atom stereocenters. The summed E-state index contributed by atoms with van der Waals surface area (Å²) in [6.07, 6.45) is 0. The van der Waals surface area contributed by atoms with Crippen LogP contribution in [0.15, 0.2) is 59.4 Å². The fourth-order valence-corrected chi connectivity index (χ4v) is 3.61. The normalized spacial score (nSPS) is 10.9. The lowest BCUT2D eigenvalue weighted by molar-refractivity contribution is 0.628. The van der Waals surface area contributed by atoms with E-state index >= 15 is 0 Å². The maximum absolute atomic E-state index is 13.4. The zero-order chi connectivity index (χ0) is 20.7. The van der Waals surface area contributed by atoms with E-state index in [4.69, 9.17) is 16.6 Å². The maximum Gasteiger partial charge on any atom is 0.270 e. The van der Waals surface area contributed by atoms with Crippen molar-refractivity contribution in [3.63, 3.8) is 0 Å². The first-order valence-corrected chi connectivity index (χ1v) is 9.25. The van der Waals surface area contributed by atoms with E-state index in [0.717, 1.165) is 11.1 Å². The first kappa shape index (κ1) is 18.9. The molecule has 0 aliphatic carbocycles. The highest BCUT2D eigenvalue weighted by Gasteiger charge is 2.20. The molecule has 0 bridgehead atoms. The minimum absolute atomic E-state index is 0.00995. The molecule has 0 saturated carbocycles. The van der Waals surface area contributed by atoms with Crippen LogP contribution in [-0.4, -0.2) is 9.55 Å². The molecule has 0 radical (unpaired) electrons. The van der Waals surface area contributed by atoms with Gasteiger partial charge in [0.2, 0.25) is 0 Å². The SMILES string of the molecule is Cc1cc(-c2ccc(Cl)cc2)nc2c1c(-c1ccc(F)cc1)c(C#N)c(=O)n2C. The molecule has 0 unspecified atom stereocenters. The van der Waals surface area contributed by atoms with E-state index in [1.165, 1.54) is 16.7 Å². The van der Waals surface area contributed by atoms with Crippen LogP contribution in [0.5, 0.6) is 0 Å². The van der Waals surface area contributed by atoms with Crippen molar-refractivity contribution in [1.82, 2.24) is 9.55 Å². The smallest absolute Gasteiger partial charge is 0.270 e. The van der Waals surface area contributed by atoms with Gasteiger partial charge in [0, 0.05) is 28.6 Å². The Morgan fingerprint density at radius 2 is 1.69 bits per heavy atom. The Hall–Kier alpha value is -3.49.